The Bertz CT molecular complexity index is 650. The van der Waals surface area contributed by atoms with E-state index in [9.17, 15) is 4.79 Å². The molecule has 0 bridgehead atoms. The zero-order chi connectivity index (χ0) is 16.1. The van der Waals surface area contributed by atoms with E-state index < -0.39 is 0 Å². The summed E-state index contributed by atoms with van der Waals surface area (Å²) in [4.78, 5) is 16.4. The molecule has 1 aromatic heterocycles. The second-order valence-electron chi connectivity index (χ2n) is 5.84. The Kier molecular flexibility index (Phi) is 4.46. The maximum absolute atomic E-state index is 12.4. The normalized spacial score (nSPS) is 15.9. The number of aromatic nitrogens is 1. The number of benzene rings is 1. The highest BCUT2D eigenvalue weighted by atomic mass is 16.5. The molecular formula is C18H21N3O2. The molecule has 0 spiro atoms. The van der Waals surface area contributed by atoms with Crippen LogP contribution in [0.5, 0.6) is 5.75 Å². The molecule has 1 heterocycles. The van der Waals surface area contributed by atoms with Crippen molar-refractivity contribution in [2.75, 3.05) is 12.4 Å². The largest absolute Gasteiger partial charge is 0.497 e. The van der Waals surface area contributed by atoms with Crippen molar-refractivity contribution < 1.29 is 9.53 Å². The fraction of sp³-hybridized carbons (Fsp3) is 0.333. The third-order valence-electron chi connectivity index (χ3n) is 4.37. The summed E-state index contributed by atoms with van der Waals surface area (Å²) in [7, 11) is 1.65. The minimum absolute atomic E-state index is 0.198. The van der Waals surface area contributed by atoms with Gasteiger partial charge in [-0.2, -0.15) is 0 Å². The van der Waals surface area contributed by atoms with Crippen molar-refractivity contribution in [1.29, 1.82) is 0 Å². The second kappa shape index (κ2) is 6.69. The molecule has 1 saturated carbocycles. The molecule has 1 aliphatic carbocycles. The highest BCUT2D eigenvalue weighted by Crippen LogP contribution is 2.39. The quantitative estimate of drug-likeness (QED) is 0.905. The van der Waals surface area contributed by atoms with Crippen LogP contribution in [0.3, 0.4) is 0 Å². The lowest BCUT2D eigenvalue weighted by molar-refractivity contribution is 0.236. The second-order valence-corrected chi connectivity index (χ2v) is 5.84. The van der Waals surface area contributed by atoms with E-state index >= 15 is 0 Å². The van der Waals surface area contributed by atoms with Gasteiger partial charge in [0, 0.05) is 6.20 Å². The molecule has 0 saturated heterocycles. The average molecular weight is 311 g/mol. The number of pyridine rings is 1. The number of urea groups is 1. The van der Waals surface area contributed by atoms with Gasteiger partial charge in [-0.15, -0.1) is 0 Å². The van der Waals surface area contributed by atoms with Gasteiger partial charge in [0.2, 0.25) is 0 Å². The van der Waals surface area contributed by atoms with E-state index in [4.69, 9.17) is 4.74 Å². The van der Waals surface area contributed by atoms with Crippen LogP contribution in [0.25, 0.3) is 0 Å². The lowest BCUT2D eigenvalue weighted by Gasteiger charge is -2.31. The summed E-state index contributed by atoms with van der Waals surface area (Å²) >= 11 is 0. The smallest absolute Gasteiger partial charge is 0.319 e. The summed E-state index contributed by atoms with van der Waals surface area (Å²) < 4.78 is 5.22. The molecule has 3 rings (SSSR count). The number of ether oxygens (including phenoxy) is 1. The molecule has 1 aromatic carbocycles. The summed E-state index contributed by atoms with van der Waals surface area (Å²) in [5.41, 5.74) is 1.50. The molecule has 0 aliphatic heterocycles. The number of anilines is 1. The predicted octanol–water partition coefficient (Wildman–Crippen LogP) is 3.68. The van der Waals surface area contributed by atoms with Gasteiger partial charge in [-0.1, -0.05) is 25.0 Å². The van der Waals surface area contributed by atoms with Gasteiger partial charge < -0.3 is 15.4 Å². The van der Waals surface area contributed by atoms with E-state index in [1.54, 1.807) is 25.6 Å². The first-order valence-corrected chi connectivity index (χ1v) is 7.86. The number of amides is 2. The number of hydrogen-bond donors (Lipinski definition) is 2. The predicted molar refractivity (Wildman–Crippen MR) is 89.5 cm³/mol. The first-order chi connectivity index (χ1) is 11.2. The van der Waals surface area contributed by atoms with Crippen LogP contribution in [0, 0.1) is 0 Å². The van der Waals surface area contributed by atoms with E-state index in [0.717, 1.165) is 37.0 Å². The van der Waals surface area contributed by atoms with Crippen molar-refractivity contribution in [1.82, 2.24) is 10.3 Å². The Labute approximate surface area is 136 Å². The van der Waals surface area contributed by atoms with Gasteiger partial charge >= 0.3 is 6.03 Å². The van der Waals surface area contributed by atoms with E-state index in [1.165, 1.54) is 0 Å². The van der Waals surface area contributed by atoms with Crippen LogP contribution in [-0.2, 0) is 5.54 Å². The third-order valence-corrected chi connectivity index (χ3v) is 4.37. The van der Waals surface area contributed by atoms with Crippen LogP contribution in [-0.4, -0.2) is 18.1 Å². The fourth-order valence-electron chi connectivity index (χ4n) is 3.19. The molecule has 0 radical (unpaired) electrons. The van der Waals surface area contributed by atoms with Crippen LogP contribution in [0.4, 0.5) is 10.5 Å². The highest BCUT2D eigenvalue weighted by Gasteiger charge is 2.37. The Morgan fingerprint density at radius 2 is 1.91 bits per heavy atom. The number of carbonyl (C=O) groups excluding carboxylic acids is 1. The van der Waals surface area contributed by atoms with Crippen LogP contribution >= 0.6 is 0 Å². The molecular weight excluding hydrogens is 290 g/mol. The third kappa shape index (κ3) is 3.44. The topological polar surface area (TPSA) is 63.2 Å². The number of nitrogens with one attached hydrogen (secondary N) is 2. The van der Waals surface area contributed by atoms with Crippen molar-refractivity contribution >= 4 is 11.7 Å². The van der Waals surface area contributed by atoms with Crippen molar-refractivity contribution in [3.63, 3.8) is 0 Å². The van der Waals surface area contributed by atoms with Crippen LogP contribution < -0.4 is 15.4 Å². The van der Waals surface area contributed by atoms with Gasteiger partial charge in [-0.3, -0.25) is 4.98 Å². The van der Waals surface area contributed by atoms with E-state index in [1.807, 2.05) is 30.3 Å². The molecule has 0 unspecified atom stereocenters. The van der Waals surface area contributed by atoms with Crippen molar-refractivity contribution in [3.05, 3.63) is 54.4 Å². The first kappa shape index (κ1) is 15.3. The van der Waals surface area contributed by atoms with Gasteiger partial charge in [0.25, 0.3) is 0 Å². The number of rotatable bonds is 4. The Morgan fingerprint density at radius 3 is 2.52 bits per heavy atom. The molecule has 2 aromatic rings. The number of nitrogens with zero attached hydrogens (tertiary/aromatic N) is 1. The van der Waals surface area contributed by atoms with Crippen LogP contribution in [0.15, 0.2) is 48.8 Å². The van der Waals surface area contributed by atoms with Gasteiger partial charge in [-0.25, -0.2) is 4.79 Å². The SMILES string of the molecule is COc1ccc(C2(NC(=O)Nc3cccnc3)CCCC2)cc1. The lowest BCUT2D eigenvalue weighted by Crippen LogP contribution is -2.45. The zero-order valence-electron chi connectivity index (χ0n) is 13.2. The van der Waals surface area contributed by atoms with Gasteiger partial charge in [-0.05, 0) is 42.7 Å². The lowest BCUT2D eigenvalue weighted by atomic mass is 9.88. The summed E-state index contributed by atoms with van der Waals surface area (Å²) in [5, 5.41) is 6.02. The highest BCUT2D eigenvalue weighted by molar-refractivity contribution is 5.89. The summed E-state index contributed by atoms with van der Waals surface area (Å²) in [6.07, 6.45) is 7.42. The Hall–Kier alpha value is -2.56. The molecule has 5 nitrogen and oxygen atoms in total. The molecule has 1 aliphatic rings. The zero-order valence-corrected chi connectivity index (χ0v) is 13.2. The Morgan fingerprint density at radius 1 is 1.17 bits per heavy atom. The van der Waals surface area contributed by atoms with Crippen molar-refractivity contribution in [2.45, 2.75) is 31.2 Å². The van der Waals surface area contributed by atoms with E-state index in [2.05, 4.69) is 15.6 Å². The molecule has 2 amide bonds. The molecule has 23 heavy (non-hydrogen) atoms. The molecule has 2 N–H and O–H groups in total. The number of carbonyl (C=O) groups is 1. The fourth-order valence-corrected chi connectivity index (χ4v) is 3.19. The van der Waals surface area contributed by atoms with Gasteiger partial charge in [0.15, 0.2) is 0 Å². The maximum atomic E-state index is 12.4. The number of methoxy groups -OCH3 is 1. The first-order valence-electron chi connectivity index (χ1n) is 7.86. The average Bonchev–Trinajstić information content (AvgIpc) is 3.05. The van der Waals surface area contributed by atoms with Crippen molar-refractivity contribution in [2.24, 2.45) is 0 Å². The number of hydrogen-bond acceptors (Lipinski definition) is 3. The maximum Gasteiger partial charge on any atom is 0.319 e. The molecule has 5 heteroatoms. The van der Waals surface area contributed by atoms with Crippen molar-refractivity contribution in [3.8, 4) is 5.75 Å². The van der Waals surface area contributed by atoms with E-state index in [-0.39, 0.29) is 11.6 Å². The summed E-state index contributed by atoms with van der Waals surface area (Å²) in [6.45, 7) is 0. The van der Waals surface area contributed by atoms with Crippen LogP contribution in [0.1, 0.15) is 31.2 Å². The summed E-state index contributed by atoms with van der Waals surface area (Å²) in [6, 6.07) is 11.4. The van der Waals surface area contributed by atoms with Gasteiger partial charge in [0.05, 0.1) is 24.5 Å². The standard InChI is InChI=1S/C18H21N3O2/c1-23-16-8-6-14(7-9-16)18(10-2-3-11-18)21-17(22)20-15-5-4-12-19-13-15/h4-9,12-13H,2-3,10-11H2,1H3,(H2,20,21,22). The monoisotopic (exact) mass is 311 g/mol. The molecule has 120 valence electrons. The summed E-state index contributed by atoms with van der Waals surface area (Å²) in [5.74, 6) is 0.821. The Balaban J connectivity index is 1.76. The minimum atomic E-state index is -0.307. The van der Waals surface area contributed by atoms with Crippen LogP contribution in [0.2, 0.25) is 0 Å². The minimum Gasteiger partial charge on any atom is -0.497 e. The molecule has 0 atom stereocenters. The van der Waals surface area contributed by atoms with Gasteiger partial charge in [0.1, 0.15) is 5.75 Å². The molecule has 1 fully saturated rings. The van der Waals surface area contributed by atoms with E-state index in [0.29, 0.717) is 5.69 Å².